The number of fused-ring (bicyclic) bond motifs is 7. The number of hydrogen-bond donors (Lipinski definition) is 12. The Bertz CT molecular complexity index is 2370. The molecule has 7 aliphatic rings. The smallest absolute Gasteiger partial charge is 0.335 e. The second-order valence-electron chi connectivity index (χ2n) is 26.9. The van der Waals surface area contributed by atoms with Crippen molar-refractivity contribution in [3.05, 3.63) is 34.9 Å². The molecule has 0 aromatic heterocycles. The Morgan fingerprint density at radius 1 is 0.768 bits per heavy atom. The molecule has 0 radical (unpaired) electrons. The Morgan fingerprint density at radius 2 is 1.39 bits per heavy atom. The van der Waals surface area contributed by atoms with Gasteiger partial charge in [0.1, 0.15) is 42.7 Å². The number of carboxylic acids is 1. The molecule has 0 amide bonds. The summed E-state index contributed by atoms with van der Waals surface area (Å²) in [6, 6.07) is 0. The summed E-state index contributed by atoms with van der Waals surface area (Å²) in [7, 11) is 0. The fourth-order valence-electron chi connectivity index (χ4n) is 16.4. The maximum atomic E-state index is 13.9. The van der Waals surface area contributed by atoms with E-state index in [1.807, 2.05) is 20.8 Å². The molecule has 6 fully saturated rings. The van der Waals surface area contributed by atoms with Gasteiger partial charge in [-0.3, -0.25) is 0 Å². The van der Waals surface area contributed by atoms with Gasteiger partial charge in [-0.15, -0.1) is 0 Å². The number of allylic oxidation sites excluding steroid dienone is 3. The minimum absolute atomic E-state index is 0.0880. The van der Waals surface area contributed by atoms with Gasteiger partial charge in [-0.05, 0) is 120 Å². The van der Waals surface area contributed by atoms with Crippen LogP contribution in [0.25, 0.3) is 0 Å². The number of carboxylic acid groups (broad SMARTS) is 1. The molecule has 7 unspecified atom stereocenters. The summed E-state index contributed by atoms with van der Waals surface area (Å²) >= 11 is 0. The Hall–Kier alpha value is -3.01. The van der Waals surface area contributed by atoms with Gasteiger partial charge in [-0.25, -0.2) is 14.4 Å². The molecule has 82 heavy (non-hydrogen) atoms. The van der Waals surface area contributed by atoms with Crippen LogP contribution in [0.1, 0.15) is 134 Å². The Kier molecular flexibility index (Phi) is 20.3. The highest BCUT2D eigenvalue weighted by molar-refractivity contribution is 5.89. The van der Waals surface area contributed by atoms with E-state index in [0.717, 1.165) is 5.57 Å². The van der Waals surface area contributed by atoms with Crippen LogP contribution in [0, 0.1) is 56.2 Å². The number of aliphatic hydroxyl groups excluding tert-OH is 11. The minimum atomic E-state index is -1.98. The lowest BCUT2D eigenvalue weighted by atomic mass is 9.32. The zero-order valence-electron chi connectivity index (χ0n) is 49.8. The molecule has 25 atom stereocenters. The van der Waals surface area contributed by atoms with Crippen LogP contribution < -0.4 is 0 Å². The summed E-state index contributed by atoms with van der Waals surface area (Å²) in [6.45, 7) is 20.3. The number of carbonyl (C=O) groups is 3. The molecule has 12 N–H and O–H groups in total. The molecule has 1 aliphatic heterocycles. The van der Waals surface area contributed by atoms with Crippen molar-refractivity contribution in [1.29, 1.82) is 0 Å². The molecule has 0 bridgehead atoms. The fraction of sp³-hybridized carbons (Fsp3) is 0.850. The van der Waals surface area contributed by atoms with Crippen molar-refractivity contribution < 1.29 is 109 Å². The zero-order valence-corrected chi connectivity index (χ0v) is 49.8. The van der Waals surface area contributed by atoms with Crippen LogP contribution in [0.15, 0.2) is 34.9 Å². The van der Waals surface area contributed by atoms with Gasteiger partial charge in [-0.1, -0.05) is 72.3 Å². The van der Waals surface area contributed by atoms with Crippen LogP contribution in [-0.4, -0.2) is 210 Å². The van der Waals surface area contributed by atoms with Crippen molar-refractivity contribution in [3.63, 3.8) is 0 Å². The number of ether oxygens (including phenoxy) is 7. The first-order valence-electron chi connectivity index (χ1n) is 29.4. The Morgan fingerprint density at radius 3 is 1.95 bits per heavy atom. The summed E-state index contributed by atoms with van der Waals surface area (Å²) in [5.74, 6) is -4.66. The molecular formula is C60H96O22. The van der Waals surface area contributed by atoms with Crippen molar-refractivity contribution in [1.82, 2.24) is 0 Å². The average molecular weight is 1170 g/mol. The van der Waals surface area contributed by atoms with E-state index >= 15 is 0 Å². The van der Waals surface area contributed by atoms with E-state index < -0.39 is 186 Å². The first-order valence-corrected chi connectivity index (χ1v) is 29.4. The van der Waals surface area contributed by atoms with Gasteiger partial charge < -0.3 is 94.4 Å². The Labute approximate surface area is 481 Å². The molecule has 22 nitrogen and oxygen atoms in total. The molecule has 0 aromatic carbocycles. The maximum Gasteiger partial charge on any atom is 0.335 e. The van der Waals surface area contributed by atoms with Crippen LogP contribution in [0.5, 0.6) is 0 Å². The molecule has 1 saturated heterocycles. The number of aliphatic hydroxyl groups is 11. The van der Waals surface area contributed by atoms with Crippen molar-refractivity contribution in [2.45, 2.75) is 239 Å². The third-order valence-corrected chi connectivity index (χ3v) is 21.8. The molecule has 0 spiro atoms. The zero-order chi connectivity index (χ0) is 61.1. The van der Waals surface area contributed by atoms with Crippen molar-refractivity contribution in [2.75, 3.05) is 26.4 Å². The number of esters is 2. The predicted octanol–water partition coefficient (Wildman–Crippen LogP) is 1.95. The standard InChI is InChI=1S/C60H96O22/c1-13-28(3)51(74)81-48-49(82-52(75)29(4)14-2)60(27-63)33(24-55(48,6)7)32-15-16-38-57(10)20-18-39(56(8,9)37(57)17-21-58(38,11)59(32,12)46(70)47(60)71)79-53(30(5)77-35-23-31(25-61)40(65)43(68)41(35)66)80-45(50(72)73)34(64)19-22-76-54-44(69)42(67)36(26-62)78-54/h13-15,30-31,33-49,53-54,61-71H,16-27H2,1-12H3,(H,72,73)/b28-13-,29-14-/t30-,31?,33?,34-,35+,36-,37?,38?,39-,40-,41+,42?,43?,44-,45?,46-,47+,48-,49-,53+,54+,57-,58+,59-,60-/m0/s1. The molecule has 22 heteroatoms. The fourth-order valence-corrected chi connectivity index (χ4v) is 16.4. The van der Waals surface area contributed by atoms with Gasteiger partial charge in [0, 0.05) is 34.5 Å². The van der Waals surface area contributed by atoms with E-state index in [-0.39, 0.29) is 36.9 Å². The highest BCUT2D eigenvalue weighted by Crippen LogP contribution is 2.76. The number of aliphatic carboxylic acids is 1. The first kappa shape index (κ1) is 66.5. The predicted molar refractivity (Wildman–Crippen MR) is 291 cm³/mol. The number of hydrogen-bond acceptors (Lipinski definition) is 21. The summed E-state index contributed by atoms with van der Waals surface area (Å²) in [4.78, 5) is 40.5. The first-order chi connectivity index (χ1) is 38.2. The lowest BCUT2D eigenvalue weighted by Crippen LogP contribution is -2.76. The summed E-state index contributed by atoms with van der Waals surface area (Å²) in [5, 5.41) is 132. The highest BCUT2D eigenvalue weighted by Gasteiger charge is 2.76. The van der Waals surface area contributed by atoms with Crippen molar-refractivity contribution >= 4 is 17.9 Å². The molecule has 5 saturated carbocycles. The topological polar surface area (TPSA) is 359 Å². The van der Waals surface area contributed by atoms with Gasteiger partial charge in [-0.2, -0.15) is 0 Å². The largest absolute Gasteiger partial charge is 0.479 e. The third-order valence-electron chi connectivity index (χ3n) is 21.8. The van der Waals surface area contributed by atoms with E-state index in [1.54, 1.807) is 39.8 Å². The molecule has 0 aromatic rings. The van der Waals surface area contributed by atoms with E-state index in [4.69, 9.17) is 33.2 Å². The number of rotatable bonds is 20. The van der Waals surface area contributed by atoms with Crippen molar-refractivity contribution in [2.24, 2.45) is 56.2 Å². The van der Waals surface area contributed by atoms with E-state index in [1.165, 1.54) is 6.92 Å². The summed E-state index contributed by atoms with van der Waals surface area (Å²) in [5.41, 5.74) is -4.11. The van der Waals surface area contributed by atoms with Crippen LogP contribution in [0.3, 0.4) is 0 Å². The lowest BCUT2D eigenvalue weighted by Gasteiger charge is -2.73. The van der Waals surface area contributed by atoms with E-state index in [0.29, 0.717) is 44.1 Å². The Balaban J connectivity index is 1.20. The number of carbonyl (C=O) groups excluding carboxylic acids is 2. The lowest BCUT2D eigenvalue weighted by molar-refractivity contribution is -0.307. The quantitative estimate of drug-likeness (QED) is 0.0359. The minimum Gasteiger partial charge on any atom is -0.479 e. The van der Waals surface area contributed by atoms with Crippen LogP contribution in [0.4, 0.5) is 0 Å². The second-order valence-corrected chi connectivity index (χ2v) is 26.9. The van der Waals surface area contributed by atoms with Gasteiger partial charge in [0.15, 0.2) is 24.8 Å². The van der Waals surface area contributed by atoms with Crippen LogP contribution >= 0.6 is 0 Å². The monoisotopic (exact) mass is 1170 g/mol. The van der Waals surface area contributed by atoms with Gasteiger partial charge in [0.25, 0.3) is 0 Å². The normalized spacial score (nSPS) is 44.1. The van der Waals surface area contributed by atoms with Crippen LogP contribution in [-0.2, 0) is 47.5 Å². The molecule has 1 heterocycles. The van der Waals surface area contributed by atoms with Gasteiger partial charge in [0.2, 0.25) is 0 Å². The molecule has 468 valence electrons. The summed E-state index contributed by atoms with van der Waals surface area (Å²) < 4.78 is 43.0. The van der Waals surface area contributed by atoms with Gasteiger partial charge >= 0.3 is 17.9 Å². The summed E-state index contributed by atoms with van der Waals surface area (Å²) in [6.07, 6.45) is -16.5. The molecule has 7 rings (SSSR count). The highest BCUT2D eigenvalue weighted by atomic mass is 16.7. The molecule has 6 aliphatic carbocycles. The van der Waals surface area contributed by atoms with E-state index in [2.05, 4.69) is 33.8 Å². The average Bonchev–Trinajstić information content (AvgIpc) is 0.746. The van der Waals surface area contributed by atoms with Crippen molar-refractivity contribution in [3.8, 4) is 0 Å². The van der Waals surface area contributed by atoms with Gasteiger partial charge in [0.05, 0.1) is 61.9 Å². The third kappa shape index (κ3) is 11.2. The second kappa shape index (κ2) is 25.0. The maximum absolute atomic E-state index is 13.9. The molecular weight excluding hydrogens is 1070 g/mol. The van der Waals surface area contributed by atoms with E-state index in [9.17, 15) is 75.7 Å². The van der Waals surface area contributed by atoms with Crippen LogP contribution in [0.2, 0.25) is 0 Å². The SMILES string of the molecule is C/C=C(/C)C(=O)O[C@H]1[C@H](OC(=O)/C(C)=C\C)[C@@]2(CO)C(CC1(C)C)C1=CCC3[C@@]4(C)CC[C@H](O[C@H](OC(C(=O)O)[C@@H](O)CCO[C@@H]5O[C@@H](CO)C(O)[C@@H]5O)[C@H](C)O[C@@H]5CC(CO)[C@H](O)C(O)[C@@H]5O)C(C)(C)C4CC[C@@]3(C)[C@]1(C)[C@@H](O)[C@H]2O.